The molecule has 0 atom stereocenters. The summed E-state index contributed by atoms with van der Waals surface area (Å²) >= 11 is 5.77. The second kappa shape index (κ2) is 3.77. The van der Waals surface area contributed by atoms with Crippen LogP contribution in [0.2, 0.25) is 5.02 Å². The van der Waals surface area contributed by atoms with Crippen LogP contribution in [0.3, 0.4) is 0 Å². The highest BCUT2D eigenvalue weighted by Crippen LogP contribution is 2.20. The van der Waals surface area contributed by atoms with Crippen LogP contribution >= 0.6 is 11.6 Å². The lowest BCUT2D eigenvalue weighted by molar-refractivity contribution is 0.0502. The first-order chi connectivity index (χ1) is 6.06. The highest BCUT2D eigenvalue weighted by Gasteiger charge is 2.11. The molecule has 3 nitrogen and oxygen atoms in total. The van der Waals surface area contributed by atoms with Gasteiger partial charge in [0.25, 0.3) is 0 Å². The summed E-state index contributed by atoms with van der Waals surface area (Å²) in [6.07, 6.45) is 0. The fraction of sp³-hybridized carbons (Fsp3) is 0.222. The molecule has 1 aromatic rings. The minimum Gasteiger partial charge on any atom is -0.370 e. The third kappa shape index (κ3) is 1.99. The highest BCUT2D eigenvalue weighted by atomic mass is 35.5. The molecule has 1 rings (SSSR count). The summed E-state index contributed by atoms with van der Waals surface area (Å²) in [6.45, 7) is 3.69. The number of carbonyl (C=O) groups is 1. The Morgan fingerprint density at radius 1 is 1.46 bits per heavy atom. The average molecular weight is 200 g/mol. The number of benzene rings is 1. The van der Waals surface area contributed by atoms with Crippen LogP contribution in [-0.2, 0) is 4.84 Å². The molecule has 70 valence electrons. The Bertz CT molecular complexity index is 350. The first kappa shape index (κ1) is 10.0. The molecule has 0 spiro atoms. The maximum Gasteiger partial charge on any atom is 0.356 e. The number of halogens is 1. The molecule has 0 unspecified atom stereocenters. The van der Waals surface area contributed by atoms with E-state index in [1.165, 1.54) is 0 Å². The van der Waals surface area contributed by atoms with Crippen molar-refractivity contribution in [2.45, 2.75) is 13.8 Å². The fourth-order valence-corrected chi connectivity index (χ4v) is 1.36. The maximum absolute atomic E-state index is 11.1. The lowest BCUT2D eigenvalue weighted by atomic mass is 10.0. The molecule has 13 heavy (non-hydrogen) atoms. The van der Waals surface area contributed by atoms with Gasteiger partial charge in [0.1, 0.15) is 0 Å². The van der Waals surface area contributed by atoms with E-state index in [4.69, 9.17) is 17.5 Å². The van der Waals surface area contributed by atoms with E-state index in [-0.39, 0.29) is 0 Å². The summed E-state index contributed by atoms with van der Waals surface area (Å²) in [7, 11) is 0. The number of nitrogens with two attached hydrogens (primary N) is 1. The van der Waals surface area contributed by atoms with Crippen molar-refractivity contribution in [2.75, 3.05) is 0 Å². The molecule has 0 bridgehead atoms. The number of hydrogen-bond donors (Lipinski definition) is 1. The van der Waals surface area contributed by atoms with E-state index in [1.807, 2.05) is 13.8 Å². The van der Waals surface area contributed by atoms with Gasteiger partial charge in [0, 0.05) is 5.02 Å². The van der Waals surface area contributed by atoms with E-state index in [2.05, 4.69) is 4.84 Å². The maximum atomic E-state index is 11.1. The lowest BCUT2D eigenvalue weighted by Gasteiger charge is -2.06. The molecule has 0 fully saturated rings. The van der Waals surface area contributed by atoms with Crippen molar-refractivity contribution < 1.29 is 9.63 Å². The van der Waals surface area contributed by atoms with E-state index < -0.39 is 5.97 Å². The van der Waals surface area contributed by atoms with Gasteiger partial charge in [-0.1, -0.05) is 11.6 Å². The summed E-state index contributed by atoms with van der Waals surface area (Å²) in [5.74, 6) is 4.21. The summed E-state index contributed by atoms with van der Waals surface area (Å²) in [5, 5.41) is 0.503. The van der Waals surface area contributed by atoms with Gasteiger partial charge in [-0.3, -0.25) is 0 Å². The standard InChI is InChI=1S/C9H10ClNO2/c1-5-3-7(10)4-8(6(5)2)9(12)13-11/h3-4H,11H2,1-2H3. The summed E-state index contributed by atoms with van der Waals surface area (Å²) < 4.78 is 0. The van der Waals surface area contributed by atoms with Crippen LogP contribution in [-0.4, -0.2) is 5.97 Å². The van der Waals surface area contributed by atoms with Gasteiger partial charge in [0.05, 0.1) is 5.56 Å². The van der Waals surface area contributed by atoms with Crippen molar-refractivity contribution in [2.24, 2.45) is 5.90 Å². The third-order valence-corrected chi connectivity index (χ3v) is 2.18. The van der Waals surface area contributed by atoms with E-state index in [9.17, 15) is 4.79 Å². The van der Waals surface area contributed by atoms with Gasteiger partial charge >= 0.3 is 5.97 Å². The molecule has 2 N–H and O–H groups in total. The minimum absolute atomic E-state index is 0.410. The molecule has 0 heterocycles. The number of aryl methyl sites for hydroxylation is 1. The zero-order valence-electron chi connectivity index (χ0n) is 7.43. The van der Waals surface area contributed by atoms with Crippen LogP contribution in [0.4, 0.5) is 0 Å². The monoisotopic (exact) mass is 199 g/mol. The van der Waals surface area contributed by atoms with Gasteiger partial charge < -0.3 is 4.84 Å². The third-order valence-electron chi connectivity index (χ3n) is 1.96. The molecule has 1 aromatic carbocycles. The van der Waals surface area contributed by atoms with Crippen LogP contribution in [0.5, 0.6) is 0 Å². The van der Waals surface area contributed by atoms with Crippen molar-refractivity contribution in [3.63, 3.8) is 0 Å². The SMILES string of the molecule is Cc1cc(Cl)cc(C(=O)ON)c1C. The second-order valence-electron chi connectivity index (χ2n) is 2.80. The predicted molar refractivity (Wildman–Crippen MR) is 50.5 cm³/mol. The van der Waals surface area contributed by atoms with Gasteiger partial charge in [-0.05, 0) is 37.1 Å². The van der Waals surface area contributed by atoms with Gasteiger partial charge in [0.2, 0.25) is 0 Å². The van der Waals surface area contributed by atoms with Crippen molar-refractivity contribution in [1.29, 1.82) is 0 Å². The average Bonchev–Trinajstić information content (AvgIpc) is 2.10. The summed E-state index contributed by atoms with van der Waals surface area (Å²) in [4.78, 5) is 15.3. The molecule has 0 radical (unpaired) electrons. The van der Waals surface area contributed by atoms with Gasteiger partial charge in [-0.2, -0.15) is 5.90 Å². The molecule has 0 aliphatic carbocycles. The minimum atomic E-state index is -0.567. The van der Waals surface area contributed by atoms with Gasteiger partial charge in [-0.15, -0.1) is 0 Å². The first-order valence-corrected chi connectivity index (χ1v) is 4.12. The van der Waals surface area contributed by atoms with Crippen molar-refractivity contribution in [3.05, 3.63) is 33.8 Å². The van der Waals surface area contributed by atoms with Crippen LogP contribution in [0, 0.1) is 13.8 Å². The Hall–Kier alpha value is -1.06. The molecule has 0 saturated carbocycles. The van der Waals surface area contributed by atoms with Crippen molar-refractivity contribution in [3.8, 4) is 0 Å². The molecule has 0 saturated heterocycles. The topological polar surface area (TPSA) is 52.3 Å². The van der Waals surface area contributed by atoms with Crippen molar-refractivity contribution >= 4 is 17.6 Å². The Balaban J connectivity index is 3.28. The number of carbonyl (C=O) groups excluding carboxylic acids is 1. The molecule has 4 heteroatoms. The second-order valence-corrected chi connectivity index (χ2v) is 3.24. The normalized spacial score (nSPS) is 9.85. The highest BCUT2D eigenvalue weighted by molar-refractivity contribution is 6.31. The fourth-order valence-electron chi connectivity index (χ4n) is 1.09. The predicted octanol–water partition coefficient (Wildman–Crippen LogP) is 1.99. The van der Waals surface area contributed by atoms with Crippen LogP contribution < -0.4 is 5.90 Å². The van der Waals surface area contributed by atoms with Crippen LogP contribution in [0.1, 0.15) is 21.5 Å². The summed E-state index contributed by atoms with van der Waals surface area (Å²) in [6, 6.07) is 3.32. The first-order valence-electron chi connectivity index (χ1n) is 3.74. The Kier molecular flexibility index (Phi) is 2.90. The zero-order chi connectivity index (χ0) is 10.0. The largest absolute Gasteiger partial charge is 0.370 e. The zero-order valence-corrected chi connectivity index (χ0v) is 8.18. The summed E-state index contributed by atoms with van der Waals surface area (Å²) in [5.41, 5.74) is 2.18. The Morgan fingerprint density at radius 3 is 2.62 bits per heavy atom. The van der Waals surface area contributed by atoms with E-state index in [0.717, 1.165) is 11.1 Å². The number of hydrogen-bond acceptors (Lipinski definition) is 3. The van der Waals surface area contributed by atoms with Crippen molar-refractivity contribution in [1.82, 2.24) is 0 Å². The van der Waals surface area contributed by atoms with Crippen LogP contribution in [0.25, 0.3) is 0 Å². The molecule has 0 aliphatic heterocycles. The smallest absolute Gasteiger partial charge is 0.356 e. The molecule has 0 aliphatic rings. The molecular weight excluding hydrogens is 190 g/mol. The van der Waals surface area contributed by atoms with E-state index in [0.29, 0.717) is 10.6 Å². The van der Waals surface area contributed by atoms with Gasteiger partial charge in [0.15, 0.2) is 0 Å². The molecular formula is C9H10ClNO2. The lowest BCUT2D eigenvalue weighted by Crippen LogP contribution is -2.12. The Morgan fingerprint density at radius 2 is 2.08 bits per heavy atom. The molecule has 0 amide bonds. The number of rotatable bonds is 1. The van der Waals surface area contributed by atoms with Gasteiger partial charge in [-0.25, -0.2) is 4.79 Å². The van der Waals surface area contributed by atoms with E-state index in [1.54, 1.807) is 12.1 Å². The van der Waals surface area contributed by atoms with Crippen LogP contribution in [0.15, 0.2) is 12.1 Å². The quantitative estimate of drug-likeness (QED) is 0.704. The Labute approximate surface area is 81.4 Å². The molecule has 0 aromatic heterocycles. The van der Waals surface area contributed by atoms with E-state index >= 15 is 0 Å².